The van der Waals surface area contributed by atoms with Gasteiger partial charge < -0.3 is 5.32 Å². The van der Waals surface area contributed by atoms with E-state index in [4.69, 9.17) is 0 Å². The molecular formula is C8H11N5S3. The summed E-state index contributed by atoms with van der Waals surface area (Å²) < 4.78 is 0.984. The Balaban J connectivity index is 1.89. The van der Waals surface area contributed by atoms with E-state index in [0.29, 0.717) is 0 Å². The van der Waals surface area contributed by atoms with Gasteiger partial charge in [0, 0.05) is 6.54 Å². The van der Waals surface area contributed by atoms with Crippen LogP contribution in [0.5, 0.6) is 0 Å². The van der Waals surface area contributed by atoms with E-state index in [0.717, 1.165) is 31.8 Å². The number of hydrogen-bond acceptors (Lipinski definition) is 8. The Kier molecular flexibility index (Phi) is 4.08. The maximum Gasteiger partial charge on any atom is 0.205 e. The van der Waals surface area contributed by atoms with Gasteiger partial charge in [0.15, 0.2) is 4.34 Å². The van der Waals surface area contributed by atoms with Crippen molar-refractivity contribution >= 4 is 39.6 Å². The van der Waals surface area contributed by atoms with Crippen LogP contribution in [0, 0.1) is 6.92 Å². The first-order chi connectivity index (χ1) is 7.78. The molecule has 0 radical (unpaired) electrons. The van der Waals surface area contributed by atoms with E-state index in [1.807, 2.05) is 13.8 Å². The van der Waals surface area contributed by atoms with Crippen molar-refractivity contribution in [3.63, 3.8) is 0 Å². The van der Waals surface area contributed by atoms with E-state index in [2.05, 4.69) is 25.7 Å². The number of nitrogens with one attached hydrogen (secondary N) is 1. The molecule has 0 fully saturated rings. The molecule has 0 aliphatic rings. The highest BCUT2D eigenvalue weighted by molar-refractivity contribution is 8.00. The first-order valence-corrected chi connectivity index (χ1v) is 7.39. The normalized spacial score (nSPS) is 10.6. The van der Waals surface area contributed by atoms with Crippen molar-refractivity contribution < 1.29 is 0 Å². The van der Waals surface area contributed by atoms with Crippen LogP contribution in [0.1, 0.15) is 16.9 Å². The SMILES string of the molecule is CCNc1nnc(CSc2nnc(C)s2)s1. The van der Waals surface area contributed by atoms with Gasteiger partial charge in [0.1, 0.15) is 10.0 Å². The quantitative estimate of drug-likeness (QED) is 0.844. The summed E-state index contributed by atoms with van der Waals surface area (Å²) >= 11 is 4.84. The Labute approximate surface area is 106 Å². The van der Waals surface area contributed by atoms with E-state index in [9.17, 15) is 0 Å². The predicted octanol–water partition coefficient (Wildman–Crippen LogP) is 2.42. The molecule has 2 aromatic rings. The molecule has 2 heterocycles. The summed E-state index contributed by atoms with van der Waals surface area (Å²) in [6.07, 6.45) is 0. The molecule has 16 heavy (non-hydrogen) atoms. The lowest BCUT2D eigenvalue weighted by molar-refractivity contribution is 0.981. The van der Waals surface area contributed by atoms with Crippen LogP contribution in [-0.2, 0) is 5.75 Å². The Morgan fingerprint density at radius 1 is 1.19 bits per heavy atom. The zero-order chi connectivity index (χ0) is 11.4. The first kappa shape index (κ1) is 11.7. The van der Waals surface area contributed by atoms with Crippen LogP contribution < -0.4 is 5.32 Å². The fourth-order valence-electron chi connectivity index (χ4n) is 0.995. The average Bonchev–Trinajstić information content (AvgIpc) is 2.85. The second-order valence-electron chi connectivity index (χ2n) is 2.91. The third-order valence-corrected chi connectivity index (χ3v) is 4.67. The number of aryl methyl sites for hydroxylation is 1. The minimum atomic E-state index is 0.803. The van der Waals surface area contributed by atoms with Gasteiger partial charge in [-0.05, 0) is 13.8 Å². The molecule has 2 rings (SSSR count). The van der Waals surface area contributed by atoms with Crippen LogP contribution >= 0.6 is 34.4 Å². The minimum Gasteiger partial charge on any atom is -0.360 e. The van der Waals surface area contributed by atoms with Gasteiger partial charge in [-0.2, -0.15) is 0 Å². The molecule has 0 aliphatic heterocycles. The topological polar surface area (TPSA) is 63.6 Å². The summed E-state index contributed by atoms with van der Waals surface area (Å²) in [5, 5.41) is 22.2. The number of rotatable bonds is 5. The highest BCUT2D eigenvalue weighted by Gasteiger charge is 2.06. The van der Waals surface area contributed by atoms with Crippen molar-refractivity contribution in [2.45, 2.75) is 23.9 Å². The van der Waals surface area contributed by atoms with Crippen LogP contribution in [0.2, 0.25) is 0 Å². The second-order valence-corrected chi connectivity index (χ2v) is 6.37. The molecule has 86 valence electrons. The summed E-state index contributed by atoms with van der Waals surface area (Å²) in [5.41, 5.74) is 0. The van der Waals surface area contributed by atoms with Crippen LogP contribution in [0.4, 0.5) is 5.13 Å². The summed E-state index contributed by atoms with van der Waals surface area (Å²) in [4.78, 5) is 0. The molecule has 1 N–H and O–H groups in total. The van der Waals surface area contributed by atoms with Gasteiger partial charge in [-0.1, -0.05) is 34.4 Å². The molecule has 0 aliphatic carbocycles. The Hall–Kier alpha value is -0.730. The molecule has 8 heteroatoms. The Morgan fingerprint density at radius 3 is 2.75 bits per heavy atom. The lowest BCUT2D eigenvalue weighted by atomic mass is 10.8. The van der Waals surface area contributed by atoms with Crippen molar-refractivity contribution in [2.75, 3.05) is 11.9 Å². The van der Waals surface area contributed by atoms with Crippen LogP contribution in [0.3, 0.4) is 0 Å². The molecule has 0 saturated carbocycles. The summed E-state index contributed by atoms with van der Waals surface area (Å²) in [6.45, 7) is 4.87. The molecule has 0 saturated heterocycles. The summed E-state index contributed by atoms with van der Waals surface area (Å²) in [6, 6.07) is 0. The summed E-state index contributed by atoms with van der Waals surface area (Å²) in [5.74, 6) is 0.803. The van der Waals surface area contributed by atoms with Crippen molar-refractivity contribution in [2.24, 2.45) is 0 Å². The maximum atomic E-state index is 4.10. The van der Waals surface area contributed by atoms with Gasteiger partial charge in [0.05, 0.1) is 5.75 Å². The van der Waals surface area contributed by atoms with Gasteiger partial charge in [-0.3, -0.25) is 0 Å². The molecule has 2 aromatic heterocycles. The van der Waals surface area contributed by atoms with Crippen molar-refractivity contribution in [1.29, 1.82) is 0 Å². The lowest BCUT2D eigenvalue weighted by Gasteiger charge is -1.92. The standard InChI is InChI=1S/C8H11N5S3/c1-3-9-7-12-11-6(16-7)4-14-8-13-10-5(2)15-8/h3-4H2,1-2H3,(H,9,12). The highest BCUT2D eigenvalue weighted by atomic mass is 32.2. The zero-order valence-electron chi connectivity index (χ0n) is 8.93. The number of aromatic nitrogens is 4. The molecular weight excluding hydrogens is 262 g/mol. The van der Waals surface area contributed by atoms with Gasteiger partial charge in [-0.25, -0.2) is 0 Å². The van der Waals surface area contributed by atoms with Crippen molar-refractivity contribution in [1.82, 2.24) is 20.4 Å². The van der Waals surface area contributed by atoms with E-state index in [1.165, 1.54) is 0 Å². The number of anilines is 1. The molecule has 0 unspecified atom stereocenters. The monoisotopic (exact) mass is 273 g/mol. The highest BCUT2D eigenvalue weighted by Crippen LogP contribution is 2.27. The molecule has 0 atom stereocenters. The number of hydrogen-bond donors (Lipinski definition) is 1. The molecule has 0 amide bonds. The smallest absolute Gasteiger partial charge is 0.205 e. The Morgan fingerprint density at radius 2 is 2.06 bits per heavy atom. The number of nitrogens with zero attached hydrogens (tertiary/aromatic N) is 4. The van der Waals surface area contributed by atoms with Crippen LogP contribution in [0.15, 0.2) is 4.34 Å². The minimum absolute atomic E-state index is 0.803. The van der Waals surface area contributed by atoms with Gasteiger partial charge in [0.2, 0.25) is 5.13 Å². The molecule has 0 spiro atoms. The van der Waals surface area contributed by atoms with Gasteiger partial charge in [0.25, 0.3) is 0 Å². The average molecular weight is 273 g/mol. The largest absolute Gasteiger partial charge is 0.360 e. The van der Waals surface area contributed by atoms with Gasteiger partial charge in [-0.15, -0.1) is 20.4 Å². The lowest BCUT2D eigenvalue weighted by Crippen LogP contribution is -1.94. The zero-order valence-corrected chi connectivity index (χ0v) is 11.4. The maximum absolute atomic E-state index is 4.10. The van der Waals surface area contributed by atoms with Crippen LogP contribution in [-0.4, -0.2) is 26.9 Å². The van der Waals surface area contributed by atoms with E-state index in [1.54, 1.807) is 34.4 Å². The van der Waals surface area contributed by atoms with Crippen molar-refractivity contribution in [3.8, 4) is 0 Å². The van der Waals surface area contributed by atoms with Crippen molar-refractivity contribution in [3.05, 3.63) is 10.0 Å². The van der Waals surface area contributed by atoms with E-state index >= 15 is 0 Å². The fourth-order valence-corrected chi connectivity index (χ4v) is 3.60. The molecule has 0 aromatic carbocycles. The number of thioether (sulfide) groups is 1. The second kappa shape index (κ2) is 5.55. The fraction of sp³-hybridized carbons (Fsp3) is 0.500. The van der Waals surface area contributed by atoms with Crippen LogP contribution in [0.25, 0.3) is 0 Å². The Bertz CT molecular complexity index is 452. The molecule has 5 nitrogen and oxygen atoms in total. The van der Waals surface area contributed by atoms with Gasteiger partial charge >= 0.3 is 0 Å². The van der Waals surface area contributed by atoms with E-state index < -0.39 is 0 Å². The third-order valence-electron chi connectivity index (χ3n) is 1.62. The third kappa shape index (κ3) is 3.13. The molecule has 0 bridgehead atoms. The summed E-state index contributed by atoms with van der Waals surface area (Å²) in [7, 11) is 0. The first-order valence-electron chi connectivity index (χ1n) is 4.77. The predicted molar refractivity (Wildman–Crippen MR) is 68.3 cm³/mol. The van der Waals surface area contributed by atoms with E-state index in [-0.39, 0.29) is 0 Å².